The van der Waals surface area contributed by atoms with Crippen LogP contribution in [0, 0.1) is 0 Å². The van der Waals surface area contributed by atoms with Crippen molar-refractivity contribution in [1.29, 1.82) is 0 Å². The Morgan fingerprint density at radius 2 is 2.04 bits per heavy atom. The number of methoxy groups -OCH3 is 1. The zero-order valence-corrected chi connectivity index (χ0v) is 15.6. The molecule has 3 heterocycles. The van der Waals surface area contributed by atoms with Gasteiger partial charge in [0.2, 0.25) is 5.58 Å². The monoisotopic (exact) mass is 375 g/mol. The van der Waals surface area contributed by atoms with Crippen LogP contribution < -0.4 is 10.3 Å². The number of nitrogens with one attached hydrogen (secondary N) is 1. The molecule has 1 atom stereocenters. The van der Waals surface area contributed by atoms with E-state index in [1.54, 1.807) is 7.11 Å². The number of benzene rings is 2. The molecule has 4 aromatic rings. The van der Waals surface area contributed by atoms with E-state index in [9.17, 15) is 4.79 Å². The van der Waals surface area contributed by atoms with Crippen LogP contribution >= 0.6 is 0 Å². The summed E-state index contributed by atoms with van der Waals surface area (Å²) >= 11 is 0. The number of furan rings is 1. The molecular formula is C22H21N3O3. The van der Waals surface area contributed by atoms with Gasteiger partial charge in [0.25, 0.3) is 5.56 Å². The fraction of sp³-hybridized carbons (Fsp3) is 0.273. The molecule has 0 saturated carbocycles. The van der Waals surface area contributed by atoms with Crippen LogP contribution in [0.5, 0.6) is 5.75 Å². The summed E-state index contributed by atoms with van der Waals surface area (Å²) in [5, 5.41) is 0.873. The van der Waals surface area contributed by atoms with Gasteiger partial charge in [-0.05, 0) is 49.2 Å². The summed E-state index contributed by atoms with van der Waals surface area (Å²) in [5.41, 5.74) is 2.64. The van der Waals surface area contributed by atoms with E-state index in [1.807, 2.05) is 36.4 Å². The van der Waals surface area contributed by atoms with Crippen molar-refractivity contribution < 1.29 is 9.15 Å². The largest absolute Gasteiger partial charge is 0.497 e. The van der Waals surface area contributed by atoms with Crippen molar-refractivity contribution >= 4 is 22.1 Å². The summed E-state index contributed by atoms with van der Waals surface area (Å²) in [6, 6.07) is 16.2. The third-order valence-corrected chi connectivity index (χ3v) is 5.50. The number of fused-ring (bicyclic) bond motifs is 3. The van der Waals surface area contributed by atoms with Crippen LogP contribution in [0.15, 0.2) is 57.7 Å². The number of H-pyrrole nitrogens is 1. The number of nitrogens with zero attached hydrogens (tertiary/aromatic N) is 2. The molecule has 6 heteroatoms. The van der Waals surface area contributed by atoms with Crippen molar-refractivity contribution in [1.82, 2.24) is 14.9 Å². The van der Waals surface area contributed by atoms with Gasteiger partial charge in [-0.15, -0.1) is 0 Å². The summed E-state index contributed by atoms with van der Waals surface area (Å²) < 4.78 is 11.0. The molecule has 0 bridgehead atoms. The second-order valence-corrected chi connectivity index (χ2v) is 7.19. The number of rotatable bonds is 4. The van der Waals surface area contributed by atoms with Crippen molar-refractivity contribution in [3.05, 3.63) is 70.3 Å². The van der Waals surface area contributed by atoms with Crippen LogP contribution in [0.2, 0.25) is 0 Å². The van der Waals surface area contributed by atoms with Crippen LogP contribution in [-0.2, 0) is 6.54 Å². The van der Waals surface area contributed by atoms with Gasteiger partial charge >= 0.3 is 0 Å². The highest BCUT2D eigenvalue weighted by Gasteiger charge is 2.27. The van der Waals surface area contributed by atoms with E-state index in [0.29, 0.717) is 29.5 Å². The predicted molar refractivity (Wildman–Crippen MR) is 108 cm³/mol. The topological polar surface area (TPSA) is 71.4 Å². The first-order chi connectivity index (χ1) is 13.7. The molecule has 0 spiro atoms. The van der Waals surface area contributed by atoms with Crippen LogP contribution in [0.1, 0.15) is 30.3 Å². The van der Waals surface area contributed by atoms with Crippen molar-refractivity contribution in [2.45, 2.75) is 25.4 Å². The summed E-state index contributed by atoms with van der Waals surface area (Å²) in [6.45, 7) is 1.58. The quantitative estimate of drug-likeness (QED) is 0.583. The average Bonchev–Trinajstić information content (AvgIpc) is 3.33. The summed E-state index contributed by atoms with van der Waals surface area (Å²) in [6.07, 6.45) is 2.21. The highest BCUT2D eigenvalue weighted by Crippen LogP contribution is 2.33. The molecular weight excluding hydrogens is 354 g/mol. The molecule has 28 heavy (non-hydrogen) atoms. The maximum atomic E-state index is 12.5. The van der Waals surface area contributed by atoms with Gasteiger partial charge in [0.1, 0.15) is 22.7 Å². The second kappa shape index (κ2) is 6.80. The molecule has 2 aromatic carbocycles. The SMILES string of the molecule is COc1ccc(C2CCCN2Cc2nc3c(oc4ccccc43)c(=O)[nH]2)cc1. The van der Waals surface area contributed by atoms with E-state index in [-0.39, 0.29) is 11.1 Å². The van der Waals surface area contributed by atoms with Gasteiger partial charge in [0, 0.05) is 11.4 Å². The van der Waals surface area contributed by atoms with E-state index in [1.165, 1.54) is 5.56 Å². The Kier molecular flexibility index (Phi) is 4.13. The van der Waals surface area contributed by atoms with Gasteiger partial charge in [-0.1, -0.05) is 24.3 Å². The number of aromatic nitrogens is 2. The zero-order chi connectivity index (χ0) is 19.1. The fourth-order valence-corrected chi connectivity index (χ4v) is 4.13. The Balaban J connectivity index is 1.48. The van der Waals surface area contributed by atoms with Crippen LogP contribution in [0.4, 0.5) is 0 Å². The smallest absolute Gasteiger partial charge is 0.294 e. The zero-order valence-electron chi connectivity index (χ0n) is 15.6. The number of para-hydroxylation sites is 1. The lowest BCUT2D eigenvalue weighted by atomic mass is 10.0. The minimum absolute atomic E-state index is 0.226. The first-order valence-electron chi connectivity index (χ1n) is 9.51. The maximum Gasteiger partial charge on any atom is 0.294 e. The Morgan fingerprint density at radius 3 is 2.86 bits per heavy atom. The van der Waals surface area contributed by atoms with Gasteiger partial charge in [0.15, 0.2) is 0 Å². The van der Waals surface area contributed by atoms with Crippen molar-refractivity contribution in [2.75, 3.05) is 13.7 Å². The third-order valence-electron chi connectivity index (χ3n) is 5.50. The molecule has 1 unspecified atom stereocenters. The van der Waals surface area contributed by atoms with E-state index < -0.39 is 0 Å². The van der Waals surface area contributed by atoms with Crippen molar-refractivity contribution in [2.24, 2.45) is 0 Å². The Labute approximate surface area is 161 Å². The lowest BCUT2D eigenvalue weighted by molar-refractivity contribution is 0.242. The molecule has 0 radical (unpaired) electrons. The molecule has 2 aromatic heterocycles. The molecule has 142 valence electrons. The fourth-order valence-electron chi connectivity index (χ4n) is 4.13. The Hall–Kier alpha value is -3.12. The molecule has 1 saturated heterocycles. The van der Waals surface area contributed by atoms with Crippen LogP contribution in [0.25, 0.3) is 22.1 Å². The van der Waals surface area contributed by atoms with E-state index in [2.05, 4.69) is 22.0 Å². The lowest BCUT2D eigenvalue weighted by Crippen LogP contribution is -2.25. The van der Waals surface area contributed by atoms with E-state index in [4.69, 9.17) is 14.1 Å². The molecule has 5 rings (SSSR count). The second-order valence-electron chi connectivity index (χ2n) is 7.19. The highest BCUT2D eigenvalue weighted by atomic mass is 16.5. The van der Waals surface area contributed by atoms with Gasteiger partial charge in [-0.25, -0.2) is 4.98 Å². The minimum Gasteiger partial charge on any atom is -0.497 e. The molecule has 1 fully saturated rings. The van der Waals surface area contributed by atoms with Gasteiger partial charge in [-0.2, -0.15) is 0 Å². The third kappa shape index (κ3) is 2.86. The predicted octanol–water partition coefficient (Wildman–Crippen LogP) is 4.02. The number of hydrogen-bond acceptors (Lipinski definition) is 5. The maximum absolute atomic E-state index is 12.5. The lowest BCUT2D eigenvalue weighted by Gasteiger charge is -2.24. The number of ether oxygens (including phenoxy) is 1. The molecule has 1 aliphatic rings. The van der Waals surface area contributed by atoms with E-state index >= 15 is 0 Å². The Bertz CT molecular complexity index is 1190. The van der Waals surface area contributed by atoms with Gasteiger partial charge < -0.3 is 14.1 Å². The minimum atomic E-state index is -0.226. The van der Waals surface area contributed by atoms with Crippen LogP contribution in [-0.4, -0.2) is 28.5 Å². The molecule has 0 amide bonds. The summed E-state index contributed by atoms with van der Waals surface area (Å²) in [7, 11) is 1.68. The summed E-state index contributed by atoms with van der Waals surface area (Å²) in [5.74, 6) is 1.53. The first kappa shape index (κ1) is 17.0. The first-order valence-corrected chi connectivity index (χ1v) is 9.51. The van der Waals surface area contributed by atoms with Crippen molar-refractivity contribution in [3.8, 4) is 5.75 Å². The number of likely N-dealkylation sites (tertiary alicyclic amines) is 1. The molecule has 6 nitrogen and oxygen atoms in total. The molecule has 1 N–H and O–H groups in total. The Morgan fingerprint density at radius 1 is 1.21 bits per heavy atom. The van der Waals surface area contributed by atoms with Gasteiger partial charge in [-0.3, -0.25) is 9.69 Å². The normalized spacial score (nSPS) is 17.5. The number of hydrogen-bond donors (Lipinski definition) is 1. The standard InChI is InChI=1S/C22H21N3O3/c1-27-15-10-8-14(9-11-15)17-6-4-12-25(17)13-19-23-20-16-5-2-3-7-18(16)28-21(20)22(26)24-19/h2-3,5,7-11,17H,4,6,12-13H2,1H3,(H,23,24,26). The highest BCUT2D eigenvalue weighted by molar-refractivity contribution is 6.01. The molecule has 1 aliphatic heterocycles. The summed E-state index contributed by atoms with van der Waals surface area (Å²) in [4.78, 5) is 22.6. The molecule has 0 aliphatic carbocycles. The average molecular weight is 375 g/mol. The van der Waals surface area contributed by atoms with Crippen molar-refractivity contribution in [3.63, 3.8) is 0 Å². The van der Waals surface area contributed by atoms with Gasteiger partial charge in [0.05, 0.1) is 13.7 Å². The van der Waals surface area contributed by atoms with E-state index in [0.717, 1.165) is 30.5 Å². The van der Waals surface area contributed by atoms with Crippen LogP contribution in [0.3, 0.4) is 0 Å². The number of aromatic amines is 1.